The minimum absolute atomic E-state index is 0.116. The number of nitrogens with zero attached hydrogens (tertiary/aromatic N) is 3. The molecule has 0 bridgehead atoms. The number of hydrogen-bond donors (Lipinski definition) is 2. The molecule has 2 aromatic rings. The fraction of sp³-hybridized carbons (Fsp3) is 0.400. The molecule has 0 spiro atoms. The summed E-state index contributed by atoms with van der Waals surface area (Å²) in [5.41, 5.74) is 1.84. The van der Waals surface area contributed by atoms with Crippen molar-refractivity contribution in [3.63, 3.8) is 0 Å². The summed E-state index contributed by atoms with van der Waals surface area (Å²) in [5.74, 6) is -0.539. The van der Waals surface area contributed by atoms with Crippen molar-refractivity contribution >= 4 is 17.5 Å². The zero-order chi connectivity index (χ0) is 19.9. The van der Waals surface area contributed by atoms with Crippen LogP contribution in [0.15, 0.2) is 24.5 Å². The summed E-state index contributed by atoms with van der Waals surface area (Å²) in [6.07, 6.45) is 3.80. The molecule has 0 unspecified atom stereocenters. The van der Waals surface area contributed by atoms with Crippen molar-refractivity contribution in [3.8, 4) is 11.4 Å². The topological polar surface area (TPSA) is 87.2 Å². The van der Waals surface area contributed by atoms with E-state index in [1.165, 1.54) is 18.5 Å². The van der Waals surface area contributed by atoms with E-state index in [0.29, 0.717) is 37.2 Å². The summed E-state index contributed by atoms with van der Waals surface area (Å²) >= 11 is 0. The van der Waals surface area contributed by atoms with Gasteiger partial charge in [-0.25, -0.2) is 14.4 Å². The third-order valence-electron chi connectivity index (χ3n) is 5.09. The van der Waals surface area contributed by atoms with Gasteiger partial charge >= 0.3 is 0 Å². The lowest BCUT2D eigenvalue weighted by Crippen LogP contribution is -2.58. The highest BCUT2D eigenvalue weighted by atomic mass is 19.1. The highest BCUT2D eigenvalue weighted by Gasteiger charge is 2.29. The van der Waals surface area contributed by atoms with Gasteiger partial charge in [-0.1, -0.05) is 0 Å². The number of carbonyl (C=O) groups excluding carboxylic acids is 2. The van der Waals surface area contributed by atoms with E-state index in [-0.39, 0.29) is 28.7 Å². The summed E-state index contributed by atoms with van der Waals surface area (Å²) in [7, 11) is 0. The number of fused-ring (bicyclic) bond motifs is 1. The minimum Gasteiger partial charge on any atom is -0.335 e. The normalized spacial score (nSPS) is 18.4. The molecule has 4 rings (SSSR count). The zero-order valence-corrected chi connectivity index (χ0v) is 15.9. The van der Waals surface area contributed by atoms with Crippen LogP contribution >= 0.6 is 0 Å². The Hall–Kier alpha value is -2.87. The van der Waals surface area contributed by atoms with Crippen LogP contribution in [0.4, 0.5) is 10.1 Å². The fourth-order valence-corrected chi connectivity index (χ4v) is 3.65. The number of carbonyl (C=O) groups is 2. The van der Waals surface area contributed by atoms with Crippen LogP contribution in [-0.2, 0) is 11.2 Å². The Morgan fingerprint density at radius 3 is 2.68 bits per heavy atom. The fourth-order valence-electron chi connectivity index (χ4n) is 3.65. The SMILES string of the molecule is CC1(C)CN(C(=O)c2cnc(-c3cc4c(cc3F)NC(=O)CC4)nc2)CCN1. The van der Waals surface area contributed by atoms with Crippen LogP contribution in [0.25, 0.3) is 11.4 Å². The monoisotopic (exact) mass is 383 g/mol. The second-order valence-electron chi connectivity index (χ2n) is 7.87. The molecule has 0 atom stereocenters. The second-order valence-corrected chi connectivity index (χ2v) is 7.87. The number of amides is 2. The minimum atomic E-state index is -0.510. The van der Waals surface area contributed by atoms with E-state index in [2.05, 4.69) is 20.6 Å². The van der Waals surface area contributed by atoms with Crippen LogP contribution in [-0.4, -0.2) is 51.9 Å². The van der Waals surface area contributed by atoms with E-state index in [1.807, 2.05) is 13.8 Å². The molecule has 7 nitrogen and oxygen atoms in total. The van der Waals surface area contributed by atoms with Crippen LogP contribution < -0.4 is 10.6 Å². The number of nitrogens with one attached hydrogen (secondary N) is 2. The number of piperazine rings is 1. The second kappa shape index (κ2) is 6.94. The third-order valence-corrected chi connectivity index (χ3v) is 5.09. The predicted octanol–water partition coefficient (Wildman–Crippen LogP) is 1.99. The van der Waals surface area contributed by atoms with Crippen molar-refractivity contribution in [2.24, 2.45) is 0 Å². The molecule has 2 amide bonds. The van der Waals surface area contributed by atoms with Gasteiger partial charge in [-0.2, -0.15) is 0 Å². The van der Waals surface area contributed by atoms with Crippen molar-refractivity contribution in [2.75, 3.05) is 25.0 Å². The first-order chi connectivity index (χ1) is 13.3. The van der Waals surface area contributed by atoms with E-state index in [1.54, 1.807) is 11.0 Å². The summed E-state index contributed by atoms with van der Waals surface area (Å²) in [5, 5.41) is 6.04. The van der Waals surface area contributed by atoms with Crippen molar-refractivity contribution < 1.29 is 14.0 Å². The number of anilines is 1. The maximum atomic E-state index is 14.5. The Balaban J connectivity index is 1.57. The average Bonchev–Trinajstić information content (AvgIpc) is 2.66. The van der Waals surface area contributed by atoms with Crippen molar-refractivity contribution in [3.05, 3.63) is 41.5 Å². The molecule has 0 aliphatic carbocycles. The molecule has 3 heterocycles. The lowest BCUT2D eigenvalue weighted by Gasteiger charge is -2.39. The summed E-state index contributed by atoms with van der Waals surface area (Å²) in [6.45, 7) is 6.04. The van der Waals surface area contributed by atoms with Gasteiger partial charge in [0.1, 0.15) is 5.82 Å². The maximum Gasteiger partial charge on any atom is 0.257 e. The van der Waals surface area contributed by atoms with Crippen molar-refractivity contribution in [1.82, 2.24) is 20.2 Å². The standard InChI is InChI=1S/C20H22FN5O2/c1-20(2)11-26(6-5-24-20)19(28)13-9-22-18(23-10-13)14-7-12-3-4-17(27)25-16(12)8-15(14)21/h7-10,24H,3-6,11H2,1-2H3,(H,25,27). The number of hydrogen-bond acceptors (Lipinski definition) is 5. The third kappa shape index (κ3) is 3.60. The van der Waals surface area contributed by atoms with E-state index in [4.69, 9.17) is 0 Å². The highest BCUT2D eigenvalue weighted by molar-refractivity contribution is 5.95. The first kappa shape index (κ1) is 18.5. The van der Waals surface area contributed by atoms with Gasteiger partial charge in [-0.15, -0.1) is 0 Å². The molecule has 1 aromatic heterocycles. The first-order valence-corrected chi connectivity index (χ1v) is 9.31. The molecule has 28 heavy (non-hydrogen) atoms. The van der Waals surface area contributed by atoms with Gasteiger partial charge in [-0.05, 0) is 38.0 Å². The maximum absolute atomic E-state index is 14.5. The van der Waals surface area contributed by atoms with Crippen LogP contribution in [0.2, 0.25) is 0 Å². The number of halogens is 1. The van der Waals surface area contributed by atoms with Crippen LogP contribution in [0.3, 0.4) is 0 Å². The molecule has 146 valence electrons. The Morgan fingerprint density at radius 1 is 1.21 bits per heavy atom. The molecule has 2 aliphatic heterocycles. The number of benzene rings is 1. The van der Waals surface area contributed by atoms with Gasteiger partial charge in [0.15, 0.2) is 5.82 Å². The molecule has 0 radical (unpaired) electrons. The van der Waals surface area contributed by atoms with Crippen molar-refractivity contribution in [1.29, 1.82) is 0 Å². The van der Waals surface area contributed by atoms with Gasteiger partial charge in [0.2, 0.25) is 5.91 Å². The zero-order valence-electron chi connectivity index (χ0n) is 15.9. The molecule has 1 aromatic carbocycles. The predicted molar refractivity (Wildman–Crippen MR) is 102 cm³/mol. The van der Waals surface area contributed by atoms with E-state index >= 15 is 0 Å². The summed E-state index contributed by atoms with van der Waals surface area (Å²) < 4.78 is 14.5. The van der Waals surface area contributed by atoms with E-state index < -0.39 is 5.82 Å². The molecule has 2 N–H and O–H groups in total. The highest BCUT2D eigenvalue weighted by Crippen LogP contribution is 2.30. The lowest BCUT2D eigenvalue weighted by atomic mass is 9.99. The van der Waals surface area contributed by atoms with Gasteiger partial charge in [-0.3, -0.25) is 9.59 Å². The Kier molecular flexibility index (Phi) is 4.58. The van der Waals surface area contributed by atoms with Crippen LogP contribution in [0, 0.1) is 5.82 Å². The molecular weight excluding hydrogens is 361 g/mol. The Labute approximate surface area is 162 Å². The Bertz CT molecular complexity index is 942. The van der Waals surface area contributed by atoms with Gasteiger partial charge in [0.05, 0.1) is 11.1 Å². The Morgan fingerprint density at radius 2 is 1.96 bits per heavy atom. The molecule has 1 saturated heterocycles. The van der Waals surface area contributed by atoms with Crippen molar-refractivity contribution in [2.45, 2.75) is 32.2 Å². The number of aromatic nitrogens is 2. The molecule has 8 heteroatoms. The van der Waals surface area contributed by atoms with Gasteiger partial charge < -0.3 is 15.5 Å². The molecule has 1 fully saturated rings. The molecule has 0 saturated carbocycles. The summed E-state index contributed by atoms with van der Waals surface area (Å²) in [4.78, 5) is 34.4. The summed E-state index contributed by atoms with van der Waals surface area (Å²) in [6, 6.07) is 2.97. The number of rotatable bonds is 2. The average molecular weight is 383 g/mol. The quantitative estimate of drug-likeness (QED) is 0.828. The number of aryl methyl sites for hydroxylation is 1. The van der Waals surface area contributed by atoms with Gasteiger partial charge in [0.25, 0.3) is 5.91 Å². The molecule has 2 aliphatic rings. The smallest absolute Gasteiger partial charge is 0.257 e. The van der Waals surface area contributed by atoms with E-state index in [0.717, 1.165) is 12.1 Å². The largest absolute Gasteiger partial charge is 0.335 e. The molecular formula is C20H22FN5O2. The van der Waals surface area contributed by atoms with Gasteiger partial charge in [0, 0.05) is 49.7 Å². The van der Waals surface area contributed by atoms with Crippen LogP contribution in [0.1, 0.15) is 36.2 Å². The lowest BCUT2D eigenvalue weighted by molar-refractivity contribution is -0.116. The van der Waals surface area contributed by atoms with E-state index in [9.17, 15) is 14.0 Å². The van der Waals surface area contributed by atoms with Crippen LogP contribution in [0.5, 0.6) is 0 Å². The first-order valence-electron chi connectivity index (χ1n) is 9.31.